The van der Waals surface area contributed by atoms with Crippen LogP contribution in [0.3, 0.4) is 0 Å². The molecule has 6 heteroatoms. The molecule has 2 heterocycles. The summed E-state index contributed by atoms with van der Waals surface area (Å²) in [6.45, 7) is 2.73. The molecule has 0 bridgehead atoms. The van der Waals surface area contributed by atoms with Crippen molar-refractivity contribution in [3.63, 3.8) is 0 Å². The lowest BCUT2D eigenvalue weighted by atomic mass is 10.0. The van der Waals surface area contributed by atoms with E-state index in [1.807, 2.05) is 29.2 Å². The molecule has 0 atom stereocenters. The monoisotopic (exact) mass is 403 g/mol. The van der Waals surface area contributed by atoms with E-state index in [0.29, 0.717) is 11.9 Å². The van der Waals surface area contributed by atoms with Crippen LogP contribution in [-0.4, -0.2) is 63.6 Å². The largest absolute Gasteiger partial charge is 0.339 e. The summed E-state index contributed by atoms with van der Waals surface area (Å²) in [5.74, 6) is 0.828. The first-order chi connectivity index (χ1) is 14.7. The van der Waals surface area contributed by atoms with Gasteiger partial charge in [0.2, 0.25) is 0 Å². The zero-order valence-electron chi connectivity index (χ0n) is 17.5. The lowest BCUT2D eigenvalue weighted by molar-refractivity contribution is 0.0645. The van der Waals surface area contributed by atoms with E-state index < -0.39 is 0 Å². The third kappa shape index (κ3) is 4.94. The summed E-state index contributed by atoms with van der Waals surface area (Å²) in [6, 6.07) is 18.8. The highest BCUT2D eigenvalue weighted by Crippen LogP contribution is 2.20. The Hall–Kier alpha value is -2.99. The number of piperidine rings is 1. The van der Waals surface area contributed by atoms with E-state index >= 15 is 0 Å². The van der Waals surface area contributed by atoms with Crippen LogP contribution in [0, 0.1) is 0 Å². The summed E-state index contributed by atoms with van der Waals surface area (Å²) < 4.78 is 0. The standard InChI is InChI=1S/C24H29N5O/c1-28(15-5-8-19-6-3-2-4-7-19)22-13-16-29(17-14-22)24(30)21-11-9-20(10-12-21)23-25-18-26-27-23/h2-4,6-7,9-12,18,22H,5,8,13-17H2,1H3,(H,25,26,27). The van der Waals surface area contributed by atoms with E-state index in [4.69, 9.17) is 0 Å². The lowest BCUT2D eigenvalue weighted by Gasteiger charge is -2.37. The molecule has 30 heavy (non-hydrogen) atoms. The first kappa shape index (κ1) is 20.3. The fourth-order valence-electron chi connectivity index (χ4n) is 4.17. The van der Waals surface area contributed by atoms with Crippen LogP contribution in [-0.2, 0) is 6.42 Å². The Morgan fingerprint density at radius 3 is 2.50 bits per heavy atom. The van der Waals surface area contributed by atoms with Crippen molar-refractivity contribution in [2.24, 2.45) is 0 Å². The van der Waals surface area contributed by atoms with Crippen LogP contribution >= 0.6 is 0 Å². The predicted molar refractivity (Wildman–Crippen MR) is 118 cm³/mol. The number of H-pyrrole nitrogens is 1. The van der Waals surface area contributed by atoms with Gasteiger partial charge in [0.25, 0.3) is 5.91 Å². The second-order valence-electron chi connectivity index (χ2n) is 8.00. The highest BCUT2D eigenvalue weighted by Gasteiger charge is 2.25. The van der Waals surface area contributed by atoms with Crippen LogP contribution < -0.4 is 0 Å². The number of rotatable bonds is 7. The first-order valence-electron chi connectivity index (χ1n) is 10.7. The van der Waals surface area contributed by atoms with Gasteiger partial charge in [0.05, 0.1) is 0 Å². The summed E-state index contributed by atoms with van der Waals surface area (Å²) in [5.41, 5.74) is 3.06. The van der Waals surface area contributed by atoms with Crippen molar-refractivity contribution in [1.82, 2.24) is 25.0 Å². The van der Waals surface area contributed by atoms with E-state index in [1.165, 1.54) is 11.9 Å². The molecule has 3 aromatic rings. The molecule has 1 aliphatic rings. The van der Waals surface area contributed by atoms with E-state index in [-0.39, 0.29) is 5.91 Å². The van der Waals surface area contributed by atoms with Crippen LogP contribution in [0.15, 0.2) is 60.9 Å². The highest BCUT2D eigenvalue weighted by atomic mass is 16.2. The van der Waals surface area contributed by atoms with Crippen molar-refractivity contribution in [3.8, 4) is 11.4 Å². The maximum absolute atomic E-state index is 12.9. The summed E-state index contributed by atoms with van der Waals surface area (Å²) in [4.78, 5) is 21.5. The van der Waals surface area contributed by atoms with Gasteiger partial charge in [-0.2, -0.15) is 5.10 Å². The smallest absolute Gasteiger partial charge is 0.253 e. The Labute approximate surface area is 177 Å². The zero-order chi connectivity index (χ0) is 20.8. The average molecular weight is 404 g/mol. The van der Waals surface area contributed by atoms with Crippen LogP contribution in [0.4, 0.5) is 0 Å². The van der Waals surface area contributed by atoms with Gasteiger partial charge in [-0.3, -0.25) is 9.89 Å². The summed E-state index contributed by atoms with van der Waals surface area (Å²) >= 11 is 0. The molecule has 1 N–H and O–H groups in total. The SMILES string of the molecule is CN(CCCc1ccccc1)C1CCN(C(=O)c2ccc(-c3ncn[nH]3)cc2)CC1. The normalized spacial score (nSPS) is 14.9. The van der Waals surface area contributed by atoms with E-state index in [2.05, 4.69) is 57.5 Å². The quantitative estimate of drug-likeness (QED) is 0.654. The molecule has 0 unspecified atom stereocenters. The van der Waals surface area contributed by atoms with Gasteiger partial charge in [0.15, 0.2) is 5.82 Å². The topological polar surface area (TPSA) is 65.1 Å². The highest BCUT2D eigenvalue weighted by molar-refractivity contribution is 5.94. The molecule has 0 radical (unpaired) electrons. The number of benzene rings is 2. The number of carbonyl (C=O) groups is 1. The Morgan fingerprint density at radius 1 is 1.10 bits per heavy atom. The molecule has 1 aromatic heterocycles. The number of hydrogen-bond donors (Lipinski definition) is 1. The van der Waals surface area contributed by atoms with E-state index in [0.717, 1.165) is 56.4 Å². The molecule has 1 fully saturated rings. The minimum atomic E-state index is 0.115. The predicted octanol–water partition coefficient (Wildman–Crippen LogP) is 3.64. The van der Waals surface area contributed by atoms with E-state index in [1.54, 1.807) is 0 Å². The van der Waals surface area contributed by atoms with Gasteiger partial charge in [-0.25, -0.2) is 4.98 Å². The number of nitrogens with zero attached hydrogens (tertiary/aromatic N) is 4. The second-order valence-corrected chi connectivity index (χ2v) is 8.00. The molecule has 1 aliphatic heterocycles. The Morgan fingerprint density at radius 2 is 1.83 bits per heavy atom. The maximum atomic E-state index is 12.9. The van der Waals surface area contributed by atoms with Gasteiger partial charge in [0.1, 0.15) is 6.33 Å². The third-order valence-corrected chi connectivity index (χ3v) is 6.01. The number of aromatic amines is 1. The van der Waals surface area contributed by atoms with Crippen LogP contribution in [0.2, 0.25) is 0 Å². The number of likely N-dealkylation sites (tertiary alicyclic amines) is 1. The zero-order valence-corrected chi connectivity index (χ0v) is 17.5. The first-order valence-corrected chi connectivity index (χ1v) is 10.7. The number of carbonyl (C=O) groups excluding carboxylic acids is 1. The van der Waals surface area contributed by atoms with Crippen LogP contribution in [0.5, 0.6) is 0 Å². The Balaban J connectivity index is 1.24. The fraction of sp³-hybridized carbons (Fsp3) is 0.375. The van der Waals surface area contributed by atoms with Crippen molar-refractivity contribution >= 4 is 5.91 Å². The molecule has 0 saturated carbocycles. The molecule has 1 saturated heterocycles. The summed E-state index contributed by atoms with van der Waals surface area (Å²) in [6.07, 6.45) is 5.83. The third-order valence-electron chi connectivity index (χ3n) is 6.01. The molecule has 2 aromatic carbocycles. The van der Waals surface area contributed by atoms with Gasteiger partial charge in [-0.05, 0) is 57.0 Å². The molecule has 0 spiro atoms. The second kappa shape index (κ2) is 9.67. The Kier molecular flexibility index (Phi) is 6.54. The molecular formula is C24H29N5O. The van der Waals surface area contributed by atoms with Crippen LogP contribution in [0.1, 0.15) is 35.2 Å². The molecule has 1 amide bonds. The number of aryl methyl sites for hydroxylation is 1. The van der Waals surface area contributed by atoms with Gasteiger partial charge >= 0.3 is 0 Å². The van der Waals surface area contributed by atoms with Crippen molar-refractivity contribution in [2.45, 2.75) is 31.7 Å². The van der Waals surface area contributed by atoms with Gasteiger partial charge in [-0.15, -0.1) is 0 Å². The molecule has 156 valence electrons. The van der Waals surface area contributed by atoms with Gasteiger partial charge in [-0.1, -0.05) is 42.5 Å². The average Bonchev–Trinajstić information content (AvgIpc) is 3.34. The van der Waals surface area contributed by atoms with Crippen molar-refractivity contribution < 1.29 is 4.79 Å². The molecule has 0 aliphatic carbocycles. The van der Waals surface area contributed by atoms with E-state index in [9.17, 15) is 4.79 Å². The fourth-order valence-corrected chi connectivity index (χ4v) is 4.17. The minimum absolute atomic E-state index is 0.115. The van der Waals surface area contributed by atoms with Crippen molar-refractivity contribution in [3.05, 3.63) is 72.1 Å². The van der Waals surface area contributed by atoms with Gasteiger partial charge in [0, 0.05) is 30.3 Å². The molecular weight excluding hydrogens is 374 g/mol. The number of aromatic nitrogens is 3. The van der Waals surface area contributed by atoms with Crippen molar-refractivity contribution in [1.29, 1.82) is 0 Å². The lowest BCUT2D eigenvalue weighted by Crippen LogP contribution is -2.45. The number of nitrogens with one attached hydrogen (secondary N) is 1. The number of hydrogen-bond acceptors (Lipinski definition) is 4. The minimum Gasteiger partial charge on any atom is -0.339 e. The molecule has 4 rings (SSSR count). The molecule has 6 nitrogen and oxygen atoms in total. The summed E-state index contributed by atoms with van der Waals surface area (Å²) in [5, 5.41) is 6.71. The maximum Gasteiger partial charge on any atom is 0.253 e. The number of amides is 1. The Bertz CT molecular complexity index is 916. The summed E-state index contributed by atoms with van der Waals surface area (Å²) in [7, 11) is 2.22. The van der Waals surface area contributed by atoms with Gasteiger partial charge < -0.3 is 9.80 Å². The van der Waals surface area contributed by atoms with Crippen LogP contribution in [0.25, 0.3) is 11.4 Å². The van der Waals surface area contributed by atoms with Crippen molar-refractivity contribution in [2.75, 3.05) is 26.7 Å².